The highest BCUT2D eigenvalue weighted by atomic mass is 16.1. The Morgan fingerprint density at radius 1 is 1.04 bits per heavy atom. The van der Waals surface area contributed by atoms with E-state index in [1.54, 1.807) is 0 Å². The summed E-state index contributed by atoms with van der Waals surface area (Å²) in [5.74, 6) is 0.272. The zero-order chi connectivity index (χ0) is 19.2. The van der Waals surface area contributed by atoms with Crippen LogP contribution in [0.4, 0.5) is 0 Å². The number of carbonyl (C=O) groups excluding carboxylic acids is 1. The lowest BCUT2D eigenvalue weighted by Gasteiger charge is -2.16. The van der Waals surface area contributed by atoms with Crippen LogP contribution in [0, 0.1) is 13.8 Å². The standard InChI is InChI=1S/C23H27N3O/c1-4-20(21-13-9-6-10-14-21)15-24-23(27)22-17(2)25-26(18(22)3)16-19-11-7-5-8-12-19/h5-14,20H,4,15-16H2,1-3H3,(H,24,27). The second kappa shape index (κ2) is 8.67. The lowest BCUT2D eigenvalue weighted by Crippen LogP contribution is -2.29. The van der Waals surface area contributed by atoms with Gasteiger partial charge in [0, 0.05) is 18.2 Å². The van der Waals surface area contributed by atoms with Gasteiger partial charge in [0.15, 0.2) is 0 Å². The summed E-state index contributed by atoms with van der Waals surface area (Å²) in [6, 6.07) is 20.5. The number of aromatic nitrogens is 2. The molecule has 1 aromatic heterocycles. The average molecular weight is 361 g/mol. The molecule has 1 amide bonds. The van der Waals surface area contributed by atoms with Gasteiger partial charge in [-0.3, -0.25) is 9.48 Å². The summed E-state index contributed by atoms with van der Waals surface area (Å²) in [7, 11) is 0. The average Bonchev–Trinajstić information content (AvgIpc) is 2.97. The minimum absolute atomic E-state index is 0.0429. The number of benzene rings is 2. The van der Waals surface area contributed by atoms with E-state index in [-0.39, 0.29) is 5.91 Å². The molecule has 2 aromatic carbocycles. The van der Waals surface area contributed by atoms with Crippen molar-refractivity contribution < 1.29 is 4.79 Å². The van der Waals surface area contributed by atoms with Gasteiger partial charge >= 0.3 is 0 Å². The summed E-state index contributed by atoms with van der Waals surface area (Å²) in [6.45, 7) is 7.31. The topological polar surface area (TPSA) is 46.9 Å². The van der Waals surface area contributed by atoms with Crippen LogP contribution in [0.3, 0.4) is 0 Å². The van der Waals surface area contributed by atoms with E-state index in [0.29, 0.717) is 24.6 Å². The van der Waals surface area contributed by atoms with Crippen molar-refractivity contribution in [3.8, 4) is 0 Å². The number of rotatable bonds is 7. The Morgan fingerprint density at radius 3 is 2.30 bits per heavy atom. The predicted octanol–water partition coefficient (Wildman–Crippen LogP) is 4.47. The molecule has 0 saturated heterocycles. The van der Waals surface area contributed by atoms with Crippen molar-refractivity contribution >= 4 is 5.91 Å². The molecule has 1 heterocycles. The van der Waals surface area contributed by atoms with Gasteiger partial charge in [0.25, 0.3) is 5.91 Å². The fraction of sp³-hybridized carbons (Fsp3) is 0.304. The van der Waals surface area contributed by atoms with Crippen molar-refractivity contribution in [2.75, 3.05) is 6.54 Å². The molecular weight excluding hydrogens is 334 g/mol. The maximum atomic E-state index is 12.8. The number of amides is 1. The largest absolute Gasteiger partial charge is 0.351 e. The van der Waals surface area contributed by atoms with Crippen LogP contribution < -0.4 is 5.32 Å². The Balaban J connectivity index is 1.71. The second-order valence-electron chi connectivity index (χ2n) is 6.91. The van der Waals surface area contributed by atoms with Gasteiger partial charge in [0.05, 0.1) is 17.8 Å². The van der Waals surface area contributed by atoms with Crippen LogP contribution in [0.1, 0.15) is 52.1 Å². The van der Waals surface area contributed by atoms with Crippen LogP contribution >= 0.6 is 0 Å². The van der Waals surface area contributed by atoms with Crippen molar-refractivity contribution in [2.24, 2.45) is 0 Å². The highest BCUT2D eigenvalue weighted by Crippen LogP contribution is 2.19. The third-order valence-corrected chi connectivity index (χ3v) is 5.06. The Morgan fingerprint density at radius 2 is 1.67 bits per heavy atom. The zero-order valence-corrected chi connectivity index (χ0v) is 16.3. The first-order valence-electron chi connectivity index (χ1n) is 9.51. The van der Waals surface area contributed by atoms with Crippen LogP contribution in [-0.4, -0.2) is 22.2 Å². The maximum Gasteiger partial charge on any atom is 0.255 e. The van der Waals surface area contributed by atoms with E-state index in [4.69, 9.17) is 0 Å². The molecule has 1 unspecified atom stereocenters. The summed E-state index contributed by atoms with van der Waals surface area (Å²) in [5, 5.41) is 7.70. The van der Waals surface area contributed by atoms with E-state index in [2.05, 4.69) is 41.6 Å². The van der Waals surface area contributed by atoms with E-state index in [0.717, 1.165) is 17.8 Å². The number of nitrogens with one attached hydrogen (secondary N) is 1. The number of hydrogen-bond donors (Lipinski definition) is 1. The summed E-state index contributed by atoms with van der Waals surface area (Å²) < 4.78 is 1.91. The normalized spacial score (nSPS) is 12.0. The molecule has 0 radical (unpaired) electrons. The van der Waals surface area contributed by atoms with Crippen LogP contribution in [-0.2, 0) is 6.54 Å². The molecule has 1 N–H and O–H groups in total. The highest BCUT2D eigenvalue weighted by molar-refractivity contribution is 5.96. The van der Waals surface area contributed by atoms with Crippen molar-refractivity contribution in [3.63, 3.8) is 0 Å². The lowest BCUT2D eigenvalue weighted by molar-refractivity contribution is 0.0949. The van der Waals surface area contributed by atoms with E-state index >= 15 is 0 Å². The predicted molar refractivity (Wildman–Crippen MR) is 109 cm³/mol. The monoisotopic (exact) mass is 361 g/mol. The van der Waals surface area contributed by atoms with E-state index < -0.39 is 0 Å². The first-order valence-corrected chi connectivity index (χ1v) is 9.51. The molecule has 4 nitrogen and oxygen atoms in total. The third-order valence-electron chi connectivity index (χ3n) is 5.06. The summed E-state index contributed by atoms with van der Waals surface area (Å²) in [4.78, 5) is 12.8. The molecule has 0 aliphatic rings. The summed E-state index contributed by atoms with van der Waals surface area (Å²) in [6.07, 6.45) is 0.982. The molecule has 3 aromatic rings. The van der Waals surface area contributed by atoms with Gasteiger partial charge < -0.3 is 5.32 Å². The fourth-order valence-corrected chi connectivity index (χ4v) is 3.46. The first-order chi connectivity index (χ1) is 13.1. The van der Waals surface area contributed by atoms with E-state index in [1.807, 2.05) is 54.9 Å². The minimum Gasteiger partial charge on any atom is -0.351 e. The smallest absolute Gasteiger partial charge is 0.255 e. The molecule has 0 aliphatic carbocycles. The molecule has 1 atom stereocenters. The van der Waals surface area contributed by atoms with Crippen LogP contribution in [0.5, 0.6) is 0 Å². The number of aryl methyl sites for hydroxylation is 1. The van der Waals surface area contributed by atoms with Crippen LogP contribution in [0.25, 0.3) is 0 Å². The second-order valence-corrected chi connectivity index (χ2v) is 6.91. The maximum absolute atomic E-state index is 12.8. The molecule has 0 fully saturated rings. The SMILES string of the molecule is CCC(CNC(=O)c1c(C)nn(Cc2ccccc2)c1C)c1ccccc1. The molecule has 0 bridgehead atoms. The van der Waals surface area contributed by atoms with Gasteiger partial charge in [-0.25, -0.2) is 0 Å². The number of nitrogens with zero attached hydrogens (tertiary/aromatic N) is 2. The lowest BCUT2D eigenvalue weighted by atomic mass is 9.96. The Labute approximate surface area is 161 Å². The summed E-state index contributed by atoms with van der Waals surface area (Å²) >= 11 is 0. The van der Waals surface area contributed by atoms with Crippen LogP contribution in [0.2, 0.25) is 0 Å². The van der Waals surface area contributed by atoms with Crippen molar-refractivity contribution in [3.05, 3.63) is 88.7 Å². The van der Waals surface area contributed by atoms with Gasteiger partial charge in [0.2, 0.25) is 0 Å². The zero-order valence-electron chi connectivity index (χ0n) is 16.3. The minimum atomic E-state index is -0.0429. The quantitative estimate of drug-likeness (QED) is 0.675. The van der Waals surface area contributed by atoms with Gasteiger partial charge in [-0.15, -0.1) is 0 Å². The molecule has 27 heavy (non-hydrogen) atoms. The van der Waals surface area contributed by atoms with Crippen LogP contribution in [0.15, 0.2) is 60.7 Å². The fourth-order valence-electron chi connectivity index (χ4n) is 3.46. The van der Waals surface area contributed by atoms with Gasteiger partial charge in [0.1, 0.15) is 0 Å². The number of carbonyl (C=O) groups is 1. The van der Waals surface area contributed by atoms with Crippen molar-refractivity contribution in [1.82, 2.24) is 15.1 Å². The Hall–Kier alpha value is -2.88. The molecule has 0 spiro atoms. The Kier molecular flexibility index (Phi) is 6.07. The van der Waals surface area contributed by atoms with Gasteiger partial charge in [-0.1, -0.05) is 67.6 Å². The van der Waals surface area contributed by atoms with E-state index in [9.17, 15) is 4.79 Å². The summed E-state index contributed by atoms with van der Waals surface area (Å²) in [5.41, 5.74) is 4.79. The molecular formula is C23H27N3O. The third kappa shape index (κ3) is 4.45. The highest BCUT2D eigenvalue weighted by Gasteiger charge is 2.20. The molecule has 140 valence electrons. The molecule has 0 aliphatic heterocycles. The Bertz CT molecular complexity index is 885. The molecule has 3 rings (SSSR count). The number of hydrogen-bond acceptors (Lipinski definition) is 2. The van der Waals surface area contributed by atoms with E-state index in [1.165, 1.54) is 11.1 Å². The molecule has 4 heteroatoms. The van der Waals surface area contributed by atoms with Crippen molar-refractivity contribution in [1.29, 1.82) is 0 Å². The molecule has 0 saturated carbocycles. The first kappa shape index (κ1) is 18.9. The van der Waals surface area contributed by atoms with Gasteiger partial charge in [-0.2, -0.15) is 5.10 Å². The van der Waals surface area contributed by atoms with Gasteiger partial charge in [-0.05, 0) is 31.4 Å². The van der Waals surface area contributed by atoms with Crippen molar-refractivity contribution in [2.45, 2.75) is 39.7 Å².